The molecule has 2 N–H and O–H groups in total. The number of nitrogens with two attached hydrogens (primary N) is 1. The normalized spacial score (nSPS) is 44.8. The topological polar surface area (TPSA) is 32.5 Å². The lowest BCUT2D eigenvalue weighted by Gasteiger charge is -2.38. The molecule has 2 aliphatic carbocycles. The Morgan fingerprint density at radius 2 is 2.00 bits per heavy atom. The smallest absolute Gasteiger partial charge is 0.0470 e. The summed E-state index contributed by atoms with van der Waals surface area (Å²) in [5.41, 5.74) is 6.43. The largest absolute Gasteiger partial charge is 0.329 e. The minimum absolute atomic E-state index is 0.254. The van der Waals surface area contributed by atoms with E-state index < -0.39 is 0 Å². The van der Waals surface area contributed by atoms with Gasteiger partial charge in [-0.25, -0.2) is 0 Å². The van der Waals surface area contributed by atoms with Gasteiger partial charge in [-0.1, -0.05) is 6.92 Å². The summed E-state index contributed by atoms with van der Waals surface area (Å²) in [6.07, 6.45) is 5.51. The maximum absolute atomic E-state index is 6.18. The SMILES string of the molecule is CC1CC1CN(C)C1(CN)CC(C)N(C2CC2)C1. The van der Waals surface area contributed by atoms with E-state index in [2.05, 4.69) is 30.7 Å². The average molecular weight is 251 g/mol. The van der Waals surface area contributed by atoms with E-state index in [1.165, 1.54) is 38.8 Å². The predicted molar refractivity (Wildman–Crippen MR) is 75.5 cm³/mol. The van der Waals surface area contributed by atoms with Gasteiger partial charge in [0.1, 0.15) is 0 Å². The summed E-state index contributed by atoms with van der Waals surface area (Å²) in [5, 5.41) is 0. The molecule has 1 heterocycles. The van der Waals surface area contributed by atoms with Crippen molar-refractivity contribution in [2.75, 3.05) is 26.7 Å². The Morgan fingerprint density at radius 1 is 1.33 bits per heavy atom. The van der Waals surface area contributed by atoms with Crippen LogP contribution in [-0.2, 0) is 0 Å². The molecule has 3 aliphatic rings. The monoisotopic (exact) mass is 251 g/mol. The van der Waals surface area contributed by atoms with Gasteiger partial charge < -0.3 is 5.73 Å². The molecule has 0 spiro atoms. The molecule has 4 unspecified atom stereocenters. The second-order valence-electron chi connectivity index (χ2n) is 7.24. The number of likely N-dealkylation sites (N-methyl/N-ethyl adjacent to an activating group) is 1. The summed E-state index contributed by atoms with van der Waals surface area (Å²) in [5.74, 6) is 1.88. The van der Waals surface area contributed by atoms with Crippen molar-refractivity contribution in [1.29, 1.82) is 0 Å². The predicted octanol–water partition coefficient (Wildman–Crippen LogP) is 1.53. The van der Waals surface area contributed by atoms with E-state index in [0.29, 0.717) is 0 Å². The van der Waals surface area contributed by atoms with Crippen molar-refractivity contribution in [1.82, 2.24) is 9.80 Å². The number of nitrogens with zero attached hydrogens (tertiary/aromatic N) is 2. The molecule has 0 aromatic heterocycles. The molecule has 3 rings (SSSR count). The molecule has 1 aliphatic heterocycles. The Labute approximate surface area is 112 Å². The fraction of sp³-hybridized carbons (Fsp3) is 1.00. The first kappa shape index (κ1) is 12.9. The molecule has 0 bridgehead atoms. The molecule has 0 aromatic carbocycles. The Balaban J connectivity index is 1.66. The maximum Gasteiger partial charge on any atom is 0.0470 e. The van der Waals surface area contributed by atoms with Crippen LogP contribution in [0.15, 0.2) is 0 Å². The first-order valence-corrected chi connectivity index (χ1v) is 7.73. The molecule has 104 valence electrons. The third kappa shape index (κ3) is 2.21. The van der Waals surface area contributed by atoms with E-state index in [4.69, 9.17) is 5.73 Å². The molecule has 2 saturated carbocycles. The number of rotatable bonds is 5. The molecule has 0 radical (unpaired) electrons. The molecular weight excluding hydrogens is 222 g/mol. The Bertz CT molecular complexity index is 315. The zero-order valence-electron chi connectivity index (χ0n) is 12.2. The fourth-order valence-corrected chi connectivity index (χ4v) is 3.90. The van der Waals surface area contributed by atoms with Crippen molar-refractivity contribution in [2.45, 2.75) is 57.2 Å². The first-order valence-electron chi connectivity index (χ1n) is 7.73. The van der Waals surface area contributed by atoms with Gasteiger partial charge in [-0.3, -0.25) is 9.80 Å². The highest BCUT2D eigenvalue weighted by molar-refractivity contribution is 5.07. The third-order valence-electron chi connectivity index (χ3n) is 5.71. The molecule has 3 nitrogen and oxygen atoms in total. The van der Waals surface area contributed by atoms with Crippen LogP contribution in [0.5, 0.6) is 0 Å². The summed E-state index contributed by atoms with van der Waals surface area (Å²) in [4.78, 5) is 5.32. The molecule has 4 atom stereocenters. The van der Waals surface area contributed by atoms with E-state index in [1.807, 2.05) is 0 Å². The average Bonchev–Trinajstić information content (AvgIpc) is 3.24. The zero-order valence-corrected chi connectivity index (χ0v) is 12.2. The van der Waals surface area contributed by atoms with Crippen LogP contribution in [0.1, 0.15) is 39.5 Å². The van der Waals surface area contributed by atoms with Crippen LogP contribution in [-0.4, -0.2) is 54.1 Å². The molecule has 0 aromatic rings. The minimum atomic E-state index is 0.254. The lowest BCUT2D eigenvalue weighted by atomic mass is 9.94. The van der Waals surface area contributed by atoms with E-state index >= 15 is 0 Å². The van der Waals surface area contributed by atoms with Gasteiger partial charge in [0.15, 0.2) is 0 Å². The number of hydrogen-bond donors (Lipinski definition) is 1. The van der Waals surface area contributed by atoms with E-state index in [-0.39, 0.29) is 5.54 Å². The lowest BCUT2D eigenvalue weighted by Crippen LogP contribution is -2.54. The van der Waals surface area contributed by atoms with Gasteiger partial charge in [0, 0.05) is 37.3 Å². The van der Waals surface area contributed by atoms with Crippen LogP contribution < -0.4 is 5.73 Å². The third-order valence-corrected chi connectivity index (χ3v) is 5.71. The minimum Gasteiger partial charge on any atom is -0.329 e. The van der Waals surface area contributed by atoms with Crippen molar-refractivity contribution in [3.63, 3.8) is 0 Å². The van der Waals surface area contributed by atoms with Gasteiger partial charge in [0.2, 0.25) is 0 Å². The summed E-state index contributed by atoms with van der Waals surface area (Å²) in [6, 6.07) is 1.60. The van der Waals surface area contributed by atoms with Crippen LogP contribution in [0.3, 0.4) is 0 Å². The van der Waals surface area contributed by atoms with Crippen LogP contribution in [0.25, 0.3) is 0 Å². The Morgan fingerprint density at radius 3 is 2.50 bits per heavy atom. The molecular formula is C15H29N3. The quantitative estimate of drug-likeness (QED) is 0.804. The van der Waals surface area contributed by atoms with Gasteiger partial charge in [0.25, 0.3) is 0 Å². The number of likely N-dealkylation sites (tertiary alicyclic amines) is 1. The summed E-state index contributed by atoms with van der Waals surface area (Å²) in [7, 11) is 2.31. The summed E-state index contributed by atoms with van der Waals surface area (Å²) < 4.78 is 0. The number of hydrogen-bond acceptors (Lipinski definition) is 3. The maximum atomic E-state index is 6.18. The Kier molecular flexibility index (Phi) is 3.20. The highest BCUT2D eigenvalue weighted by Crippen LogP contribution is 2.42. The van der Waals surface area contributed by atoms with Gasteiger partial charge >= 0.3 is 0 Å². The van der Waals surface area contributed by atoms with Crippen molar-refractivity contribution >= 4 is 0 Å². The second kappa shape index (κ2) is 4.46. The van der Waals surface area contributed by atoms with E-state index in [0.717, 1.165) is 30.5 Å². The summed E-state index contributed by atoms with van der Waals surface area (Å²) >= 11 is 0. The highest BCUT2D eigenvalue weighted by atomic mass is 15.3. The fourth-order valence-electron chi connectivity index (χ4n) is 3.90. The van der Waals surface area contributed by atoms with Gasteiger partial charge in [-0.2, -0.15) is 0 Å². The van der Waals surface area contributed by atoms with Crippen molar-refractivity contribution in [3.8, 4) is 0 Å². The molecule has 1 saturated heterocycles. The zero-order chi connectivity index (χ0) is 12.9. The van der Waals surface area contributed by atoms with Crippen LogP contribution >= 0.6 is 0 Å². The summed E-state index contributed by atoms with van der Waals surface area (Å²) in [6.45, 7) is 8.04. The van der Waals surface area contributed by atoms with Gasteiger partial charge in [-0.15, -0.1) is 0 Å². The van der Waals surface area contributed by atoms with Crippen LogP contribution in [0.4, 0.5) is 0 Å². The van der Waals surface area contributed by atoms with Crippen LogP contribution in [0, 0.1) is 11.8 Å². The molecule has 3 fully saturated rings. The van der Waals surface area contributed by atoms with Crippen LogP contribution in [0.2, 0.25) is 0 Å². The van der Waals surface area contributed by atoms with Crippen molar-refractivity contribution in [3.05, 3.63) is 0 Å². The molecule has 3 heteroatoms. The highest BCUT2D eigenvalue weighted by Gasteiger charge is 2.49. The standard InChI is InChI=1S/C15H29N3/c1-11-6-13(11)8-17(3)15(9-16)7-12(2)18(10-15)14-4-5-14/h11-14H,4-10,16H2,1-3H3. The van der Waals surface area contributed by atoms with Gasteiger partial charge in [-0.05, 0) is 51.5 Å². The van der Waals surface area contributed by atoms with Gasteiger partial charge in [0.05, 0.1) is 0 Å². The van der Waals surface area contributed by atoms with E-state index in [1.54, 1.807) is 0 Å². The molecule has 18 heavy (non-hydrogen) atoms. The van der Waals surface area contributed by atoms with E-state index in [9.17, 15) is 0 Å². The lowest BCUT2D eigenvalue weighted by molar-refractivity contribution is 0.121. The van der Waals surface area contributed by atoms with Crippen molar-refractivity contribution in [2.24, 2.45) is 17.6 Å². The second-order valence-corrected chi connectivity index (χ2v) is 7.24. The first-order chi connectivity index (χ1) is 8.55. The molecule has 0 amide bonds. The Hall–Kier alpha value is -0.120. The van der Waals surface area contributed by atoms with Crippen molar-refractivity contribution < 1.29 is 0 Å².